The van der Waals surface area contributed by atoms with Crippen LogP contribution in [-0.2, 0) is 14.8 Å². The summed E-state index contributed by atoms with van der Waals surface area (Å²) in [4.78, 5) is 14.9. The Morgan fingerprint density at radius 3 is 2.49 bits per heavy atom. The monoisotopic (exact) mass is 602 g/mol. The highest BCUT2D eigenvalue weighted by molar-refractivity contribution is 7.90. The standard InChI is InChI=1S/C31H49F3N2O4S/c1-20(4-9-28(38)36-16-12-21(13-17-36)19-35-41(39,40)31(32,33)34)25-7-8-26-24-6-5-22-18-23(37)10-14-29(22,2)27(24)11-15-30(25,26)3/h5,20-21,23-27,35,37H,4,6-19H2,1-3H3/t20-,23+,24+,25-,26+,27+,29+,30-/m1/s1. The number of carbonyl (C=O) groups excluding carboxylic acids is 1. The van der Waals surface area contributed by atoms with Crippen LogP contribution in [0.4, 0.5) is 13.2 Å². The Morgan fingerprint density at radius 1 is 1.10 bits per heavy atom. The van der Waals surface area contributed by atoms with Crippen LogP contribution in [0, 0.1) is 46.3 Å². The highest BCUT2D eigenvalue weighted by Crippen LogP contribution is 2.67. The van der Waals surface area contributed by atoms with Gasteiger partial charge in [0.05, 0.1) is 6.10 Å². The summed E-state index contributed by atoms with van der Waals surface area (Å²) in [5.41, 5.74) is -3.24. The van der Waals surface area contributed by atoms with Crippen molar-refractivity contribution in [2.45, 2.75) is 109 Å². The van der Waals surface area contributed by atoms with Crippen molar-refractivity contribution in [3.63, 3.8) is 0 Å². The molecule has 1 saturated heterocycles. The number of carbonyl (C=O) groups is 1. The maximum absolute atomic E-state index is 13.1. The number of nitrogens with one attached hydrogen (secondary N) is 1. The molecule has 0 bridgehead atoms. The van der Waals surface area contributed by atoms with Gasteiger partial charge in [-0.2, -0.15) is 13.2 Å². The Kier molecular flexibility index (Phi) is 8.72. The fourth-order valence-electron chi connectivity index (χ4n) is 10.0. The molecule has 0 spiro atoms. The lowest BCUT2D eigenvalue weighted by Crippen LogP contribution is -2.50. The topological polar surface area (TPSA) is 86.7 Å². The lowest BCUT2D eigenvalue weighted by molar-refractivity contribution is -0.133. The van der Waals surface area contributed by atoms with Crippen LogP contribution in [0.1, 0.15) is 97.8 Å². The molecule has 6 nitrogen and oxygen atoms in total. The molecule has 5 rings (SSSR count). The van der Waals surface area contributed by atoms with Crippen molar-refractivity contribution in [3.05, 3.63) is 11.6 Å². The first kappa shape index (κ1) is 31.3. The number of amides is 1. The smallest absolute Gasteiger partial charge is 0.393 e. The molecule has 1 amide bonds. The van der Waals surface area contributed by atoms with E-state index in [0.717, 1.165) is 49.9 Å². The molecule has 1 heterocycles. The van der Waals surface area contributed by atoms with Crippen LogP contribution in [-0.4, -0.2) is 55.6 Å². The van der Waals surface area contributed by atoms with Gasteiger partial charge in [0.2, 0.25) is 5.91 Å². The predicted octanol–water partition coefficient (Wildman–Crippen LogP) is 6.02. The molecule has 0 aromatic carbocycles. The van der Waals surface area contributed by atoms with E-state index in [2.05, 4.69) is 26.8 Å². The average Bonchev–Trinajstić information content (AvgIpc) is 3.28. The normalized spacial score (nSPS) is 39.0. The van der Waals surface area contributed by atoms with Gasteiger partial charge in [0.1, 0.15) is 0 Å². The number of hydrogen-bond donors (Lipinski definition) is 2. The Balaban J connectivity index is 1.11. The molecule has 5 aliphatic rings. The second-order valence-corrected chi connectivity index (χ2v) is 16.3. The largest absolute Gasteiger partial charge is 0.511 e. The Hall–Kier alpha value is -1.13. The van der Waals surface area contributed by atoms with E-state index in [-0.39, 0.29) is 29.9 Å². The fraction of sp³-hybridized carbons (Fsp3) is 0.903. The third kappa shape index (κ3) is 5.87. The van der Waals surface area contributed by atoms with Crippen molar-refractivity contribution >= 4 is 15.9 Å². The van der Waals surface area contributed by atoms with Gasteiger partial charge in [0, 0.05) is 26.1 Å². The number of aliphatic hydroxyl groups is 1. The van der Waals surface area contributed by atoms with Gasteiger partial charge in [-0.15, -0.1) is 0 Å². The Morgan fingerprint density at radius 2 is 1.80 bits per heavy atom. The van der Waals surface area contributed by atoms with Gasteiger partial charge in [-0.25, -0.2) is 13.1 Å². The lowest BCUT2D eigenvalue weighted by atomic mass is 9.47. The molecule has 0 radical (unpaired) electrons. The van der Waals surface area contributed by atoms with Gasteiger partial charge in [-0.1, -0.05) is 32.4 Å². The van der Waals surface area contributed by atoms with Gasteiger partial charge in [0.25, 0.3) is 0 Å². The zero-order chi connectivity index (χ0) is 29.8. The van der Waals surface area contributed by atoms with Crippen LogP contribution >= 0.6 is 0 Å². The Bertz CT molecular complexity index is 1120. The number of piperidine rings is 1. The van der Waals surface area contributed by atoms with E-state index < -0.39 is 15.5 Å². The first-order valence-electron chi connectivity index (χ1n) is 15.9. The van der Waals surface area contributed by atoms with Crippen LogP contribution in [0.2, 0.25) is 0 Å². The first-order valence-corrected chi connectivity index (χ1v) is 17.4. The number of fused-ring (bicyclic) bond motifs is 5. The molecule has 0 unspecified atom stereocenters. The number of rotatable bonds is 7. The summed E-state index contributed by atoms with van der Waals surface area (Å²) in [6, 6.07) is 0. The zero-order valence-corrected chi connectivity index (χ0v) is 25.7. The zero-order valence-electron chi connectivity index (χ0n) is 24.9. The molecule has 4 aliphatic carbocycles. The van der Waals surface area contributed by atoms with E-state index in [1.54, 1.807) is 9.62 Å². The number of halogens is 3. The minimum absolute atomic E-state index is 0.104. The summed E-state index contributed by atoms with van der Waals surface area (Å²) in [6.45, 7) is 7.98. The molecular formula is C31H49F3N2O4S. The number of aliphatic hydroxyl groups excluding tert-OH is 1. The van der Waals surface area contributed by atoms with Crippen molar-refractivity contribution in [1.29, 1.82) is 0 Å². The summed E-state index contributed by atoms with van der Waals surface area (Å²) in [6.07, 6.45) is 13.7. The number of alkyl halides is 3. The van der Waals surface area contributed by atoms with Crippen molar-refractivity contribution < 1.29 is 31.5 Å². The van der Waals surface area contributed by atoms with Gasteiger partial charge in [-0.3, -0.25) is 4.79 Å². The van der Waals surface area contributed by atoms with Gasteiger partial charge >= 0.3 is 15.5 Å². The highest BCUT2D eigenvalue weighted by atomic mass is 32.2. The predicted molar refractivity (Wildman–Crippen MR) is 152 cm³/mol. The summed E-state index contributed by atoms with van der Waals surface area (Å²) >= 11 is 0. The van der Waals surface area contributed by atoms with Crippen LogP contribution in [0.5, 0.6) is 0 Å². The van der Waals surface area contributed by atoms with E-state index in [4.69, 9.17) is 0 Å². The molecule has 2 N–H and O–H groups in total. The molecular weight excluding hydrogens is 553 g/mol. The van der Waals surface area contributed by atoms with E-state index in [1.165, 1.54) is 31.3 Å². The minimum atomic E-state index is -5.33. The molecule has 3 saturated carbocycles. The van der Waals surface area contributed by atoms with E-state index in [1.807, 2.05) is 0 Å². The van der Waals surface area contributed by atoms with E-state index in [9.17, 15) is 31.5 Å². The lowest BCUT2D eigenvalue weighted by Gasteiger charge is -2.58. The maximum Gasteiger partial charge on any atom is 0.511 e. The molecule has 4 fully saturated rings. The summed E-state index contributed by atoms with van der Waals surface area (Å²) < 4.78 is 62.0. The fourth-order valence-corrected chi connectivity index (χ4v) is 10.6. The van der Waals surface area contributed by atoms with Gasteiger partial charge in [-0.05, 0) is 117 Å². The first-order chi connectivity index (χ1) is 19.2. The Labute approximate surface area is 243 Å². The van der Waals surface area contributed by atoms with Crippen LogP contribution in [0.15, 0.2) is 11.6 Å². The molecule has 0 aromatic rings. The van der Waals surface area contributed by atoms with Crippen molar-refractivity contribution in [3.8, 4) is 0 Å². The van der Waals surface area contributed by atoms with E-state index in [0.29, 0.717) is 49.6 Å². The van der Waals surface area contributed by atoms with Crippen molar-refractivity contribution in [2.75, 3.05) is 19.6 Å². The van der Waals surface area contributed by atoms with Crippen molar-refractivity contribution in [2.24, 2.45) is 46.3 Å². The third-order valence-corrected chi connectivity index (χ3v) is 13.6. The van der Waals surface area contributed by atoms with Gasteiger partial charge < -0.3 is 10.0 Å². The van der Waals surface area contributed by atoms with Crippen LogP contribution < -0.4 is 4.72 Å². The number of allylic oxidation sites excluding steroid dienone is 1. The molecule has 8 atom stereocenters. The number of sulfonamides is 1. The molecule has 1 aliphatic heterocycles. The van der Waals surface area contributed by atoms with Gasteiger partial charge in [0.15, 0.2) is 0 Å². The van der Waals surface area contributed by atoms with Crippen molar-refractivity contribution in [1.82, 2.24) is 9.62 Å². The molecule has 10 heteroatoms. The summed E-state index contributed by atoms with van der Waals surface area (Å²) in [7, 11) is -5.33. The molecule has 234 valence electrons. The molecule has 41 heavy (non-hydrogen) atoms. The van der Waals surface area contributed by atoms with E-state index >= 15 is 0 Å². The second-order valence-electron chi connectivity index (χ2n) is 14.5. The summed E-state index contributed by atoms with van der Waals surface area (Å²) in [5.74, 6) is 3.13. The SMILES string of the molecule is C[C@H](CCC(=O)N1CCC(CNS(=O)(=O)C(F)(F)F)CC1)[C@H]1CC[C@H]2[C@@H]3CC=C4C[C@@H](O)CC[C@]4(C)[C@H]3CC[C@]12C. The quantitative estimate of drug-likeness (QED) is 0.349. The average molecular weight is 603 g/mol. The number of likely N-dealkylation sites (tertiary alicyclic amines) is 1. The van der Waals surface area contributed by atoms with Crippen LogP contribution in [0.25, 0.3) is 0 Å². The number of nitrogens with zero attached hydrogens (tertiary/aromatic N) is 1. The number of hydrogen-bond acceptors (Lipinski definition) is 4. The van der Waals surface area contributed by atoms with Crippen LogP contribution in [0.3, 0.4) is 0 Å². The maximum atomic E-state index is 13.1. The minimum Gasteiger partial charge on any atom is -0.393 e. The highest BCUT2D eigenvalue weighted by Gasteiger charge is 2.59. The summed E-state index contributed by atoms with van der Waals surface area (Å²) in [5, 5.41) is 10.3. The third-order valence-electron chi connectivity index (χ3n) is 12.5. The molecule has 0 aromatic heterocycles. The second kappa shape index (κ2) is 11.4.